The van der Waals surface area contributed by atoms with Crippen LogP contribution < -0.4 is 11.1 Å². The Morgan fingerprint density at radius 2 is 1.76 bits per heavy atom. The first kappa shape index (κ1) is 14.7. The molecule has 1 aliphatic heterocycles. The smallest absolute Gasteiger partial charge is 0.228 e. The molecule has 1 aliphatic rings. The largest absolute Gasteiger partial charge is 0.325 e. The van der Waals surface area contributed by atoms with Gasteiger partial charge in [-0.2, -0.15) is 0 Å². The number of anilines is 1. The van der Waals surface area contributed by atoms with Gasteiger partial charge in [0.1, 0.15) is 0 Å². The van der Waals surface area contributed by atoms with Crippen LogP contribution in [0.25, 0.3) is 0 Å². The number of carbonyl (C=O) groups is 1. The highest BCUT2D eigenvalue weighted by Crippen LogP contribution is 2.36. The van der Waals surface area contributed by atoms with Gasteiger partial charge in [-0.1, -0.05) is 34.8 Å². The van der Waals surface area contributed by atoms with Crippen LogP contribution in [0.1, 0.15) is 22.7 Å². The zero-order valence-electron chi connectivity index (χ0n) is 10.8. The maximum atomic E-state index is 11.4. The molecule has 0 bridgehead atoms. The highest BCUT2D eigenvalue weighted by molar-refractivity contribution is 6.34. The molecule has 0 spiro atoms. The van der Waals surface area contributed by atoms with Crippen molar-refractivity contribution in [2.24, 2.45) is 5.73 Å². The molecule has 0 saturated heterocycles. The molecule has 21 heavy (non-hydrogen) atoms. The van der Waals surface area contributed by atoms with Crippen molar-refractivity contribution in [1.82, 2.24) is 0 Å². The second-order valence-corrected chi connectivity index (χ2v) is 6.15. The van der Waals surface area contributed by atoms with E-state index < -0.39 is 6.04 Å². The van der Waals surface area contributed by atoms with Crippen LogP contribution in [0.15, 0.2) is 30.3 Å². The highest BCUT2D eigenvalue weighted by Gasteiger charge is 2.23. The third-order valence-electron chi connectivity index (χ3n) is 3.48. The van der Waals surface area contributed by atoms with Gasteiger partial charge in [0.15, 0.2) is 0 Å². The molecule has 3 N–H and O–H groups in total. The molecule has 2 aromatic carbocycles. The fraction of sp³-hybridized carbons (Fsp3) is 0.133. The summed E-state index contributed by atoms with van der Waals surface area (Å²) in [4.78, 5) is 11.4. The Morgan fingerprint density at radius 3 is 2.52 bits per heavy atom. The van der Waals surface area contributed by atoms with Crippen LogP contribution in [-0.2, 0) is 11.2 Å². The summed E-state index contributed by atoms with van der Waals surface area (Å²) in [5, 5.41) is 4.32. The van der Waals surface area contributed by atoms with Crippen LogP contribution in [0.3, 0.4) is 0 Å². The minimum Gasteiger partial charge on any atom is -0.325 e. The van der Waals surface area contributed by atoms with E-state index in [-0.39, 0.29) is 5.91 Å². The number of nitrogens with one attached hydrogen (secondary N) is 1. The van der Waals surface area contributed by atoms with Crippen LogP contribution in [0, 0.1) is 0 Å². The van der Waals surface area contributed by atoms with Crippen molar-refractivity contribution in [3.63, 3.8) is 0 Å². The van der Waals surface area contributed by atoms with E-state index >= 15 is 0 Å². The van der Waals surface area contributed by atoms with Crippen molar-refractivity contribution in [3.8, 4) is 0 Å². The van der Waals surface area contributed by atoms with Crippen molar-refractivity contribution in [3.05, 3.63) is 62.1 Å². The van der Waals surface area contributed by atoms with Crippen LogP contribution in [0.5, 0.6) is 0 Å². The van der Waals surface area contributed by atoms with Crippen molar-refractivity contribution >= 4 is 46.4 Å². The number of fused-ring (bicyclic) bond motifs is 1. The third kappa shape index (κ3) is 2.74. The summed E-state index contributed by atoms with van der Waals surface area (Å²) in [6, 6.07) is 8.18. The predicted molar refractivity (Wildman–Crippen MR) is 86.3 cm³/mol. The van der Waals surface area contributed by atoms with E-state index in [1.54, 1.807) is 24.3 Å². The Hall–Kier alpha value is -1.26. The second-order valence-electron chi connectivity index (χ2n) is 4.90. The first-order valence-corrected chi connectivity index (χ1v) is 7.42. The first-order valence-electron chi connectivity index (χ1n) is 6.28. The Bertz CT molecular complexity index is 746. The SMILES string of the molecule is NC(c1cc(Cl)ccc1Cl)c1cc2c(cc1Cl)NC(=O)C2. The van der Waals surface area contributed by atoms with Crippen molar-refractivity contribution < 1.29 is 4.79 Å². The van der Waals surface area contributed by atoms with Crippen LogP contribution in [0.4, 0.5) is 5.69 Å². The lowest BCUT2D eigenvalue weighted by Gasteiger charge is -2.17. The summed E-state index contributed by atoms with van der Waals surface area (Å²) in [6.45, 7) is 0. The Kier molecular flexibility index (Phi) is 3.84. The zero-order valence-corrected chi connectivity index (χ0v) is 13.1. The highest BCUT2D eigenvalue weighted by atomic mass is 35.5. The van der Waals surface area contributed by atoms with E-state index in [4.69, 9.17) is 40.5 Å². The predicted octanol–water partition coefficient (Wildman–Crippen LogP) is 4.19. The summed E-state index contributed by atoms with van der Waals surface area (Å²) in [6.07, 6.45) is 0.329. The van der Waals surface area contributed by atoms with Crippen LogP contribution in [0.2, 0.25) is 15.1 Å². The van der Waals surface area contributed by atoms with Crippen LogP contribution >= 0.6 is 34.8 Å². The average molecular weight is 342 g/mol. The normalized spacial score (nSPS) is 14.8. The lowest BCUT2D eigenvalue weighted by Crippen LogP contribution is -2.13. The lowest BCUT2D eigenvalue weighted by molar-refractivity contribution is -0.115. The zero-order chi connectivity index (χ0) is 15.1. The molecular formula is C15H11Cl3N2O. The van der Waals surface area contributed by atoms with Gasteiger partial charge >= 0.3 is 0 Å². The van der Waals surface area contributed by atoms with E-state index in [1.807, 2.05) is 6.07 Å². The number of nitrogens with two attached hydrogens (primary N) is 1. The molecule has 0 aromatic heterocycles. The molecule has 1 atom stereocenters. The number of carbonyl (C=O) groups excluding carboxylic acids is 1. The number of hydrogen-bond donors (Lipinski definition) is 2. The Morgan fingerprint density at radius 1 is 1.05 bits per heavy atom. The Balaban J connectivity index is 2.06. The molecule has 108 valence electrons. The van der Waals surface area contributed by atoms with Gasteiger partial charge in [0.25, 0.3) is 0 Å². The quantitative estimate of drug-likeness (QED) is 0.860. The molecule has 1 amide bonds. The number of amides is 1. The molecule has 3 nitrogen and oxygen atoms in total. The summed E-state index contributed by atoms with van der Waals surface area (Å²) in [5.41, 5.74) is 9.32. The van der Waals surface area contributed by atoms with Crippen molar-refractivity contribution in [2.45, 2.75) is 12.5 Å². The van der Waals surface area contributed by atoms with Crippen molar-refractivity contribution in [1.29, 1.82) is 0 Å². The van der Waals surface area contributed by atoms with E-state index in [0.29, 0.717) is 27.1 Å². The molecule has 3 rings (SSSR count). The van der Waals surface area contributed by atoms with Gasteiger partial charge in [-0.3, -0.25) is 4.79 Å². The van der Waals surface area contributed by atoms with Crippen molar-refractivity contribution in [2.75, 3.05) is 5.32 Å². The maximum absolute atomic E-state index is 11.4. The number of benzene rings is 2. The molecule has 0 fully saturated rings. The fourth-order valence-corrected chi connectivity index (χ4v) is 3.12. The van der Waals surface area contributed by atoms with Crippen LogP contribution in [-0.4, -0.2) is 5.91 Å². The van der Waals surface area contributed by atoms with E-state index in [1.165, 1.54) is 0 Å². The molecular weight excluding hydrogens is 331 g/mol. The van der Waals surface area contributed by atoms with E-state index in [2.05, 4.69) is 5.32 Å². The Labute approximate surface area is 137 Å². The van der Waals surface area contributed by atoms with E-state index in [0.717, 1.165) is 16.8 Å². The molecule has 1 unspecified atom stereocenters. The van der Waals surface area contributed by atoms with Gasteiger partial charge in [0.05, 0.1) is 12.5 Å². The van der Waals surface area contributed by atoms with E-state index in [9.17, 15) is 4.79 Å². The monoisotopic (exact) mass is 340 g/mol. The number of halogens is 3. The molecule has 6 heteroatoms. The fourth-order valence-electron chi connectivity index (χ4n) is 2.43. The van der Waals surface area contributed by atoms with Gasteiger partial charge in [-0.15, -0.1) is 0 Å². The second kappa shape index (κ2) is 5.50. The summed E-state index contributed by atoms with van der Waals surface area (Å²) in [7, 11) is 0. The molecule has 1 heterocycles. The molecule has 0 aliphatic carbocycles. The summed E-state index contributed by atoms with van der Waals surface area (Å²) in [5.74, 6) is -0.0485. The first-order chi connectivity index (χ1) is 9.95. The summed E-state index contributed by atoms with van der Waals surface area (Å²) < 4.78 is 0. The molecule has 0 radical (unpaired) electrons. The average Bonchev–Trinajstić information content (AvgIpc) is 2.79. The van der Waals surface area contributed by atoms with Gasteiger partial charge in [-0.05, 0) is 47.0 Å². The topological polar surface area (TPSA) is 55.1 Å². The minimum atomic E-state index is -0.510. The number of rotatable bonds is 2. The molecule has 2 aromatic rings. The standard InChI is InChI=1S/C15H11Cl3N2O/c16-8-1-2-11(17)10(5-8)15(19)9-3-7-4-14(21)20-13(7)6-12(9)18/h1-3,5-6,15H,4,19H2,(H,20,21). The lowest BCUT2D eigenvalue weighted by atomic mass is 9.97. The van der Waals surface area contributed by atoms with Gasteiger partial charge in [0.2, 0.25) is 5.91 Å². The summed E-state index contributed by atoms with van der Waals surface area (Å²) >= 11 is 18.5. The molecule has 0 saturated carbocycles. The van der Waals surface area contributed by atoms with Gasteiger partial charge in [0, 0.05) is 20.8 Å². The third-order valence-corrected chi connectivity index (χ3v) is 4.38. The van der Waals surface area contributed by atoms with Gasteiger partial charge < -0.3 is 11.1 Å². The maximum Gasteiger partial charge on any atom is 0.228 e. The minimum absolute atomic E-state index is 0.0485. The number of hydrogen-bond acceptors (Lipinski definition) is 2. The van der Waals surface area contributed by atoms with Gasteiger partial charge in [-0.25, -0.2) is 0 Å².